The predicted octanol–water partition coefficient (Wildman–Crippen LogP) is 3.77. The van der Waals surface area contributed by atoms with Gasteiger partial charge in [-0.25, -0.2) is 4.79 Å². The van der Waals surface area contributed by atoms with Crippen molar-refractivity contribution in [3.05, 3.63) is 71.4 Å². The van der Waals surface area contributed by atoms with Gasteiger partial charge in [0.25, 0.3) is 5.91 Å². The molecule has 9 heteroatoms. The van der Waals surface area contributed by atoms with Gasteiger partial charge < -0.3 is 15.2 Å². The number of aryl methyl sites for hydroxylation is 1. The van der Waals surface area contributed by atoms with Crippen LogP contribution < -0.4 is 10.6 Å². The van der Waals surface area contributed by atoms with Gasteiger partial charge in [-0.15, -0.1) is 0 Å². The van der Waals surface area contributed by atoms with Crippen LogP contribution in [0.25, 0.3) is 11.1 Å². The second-order valence-electron chi connectivity index (χ2n) is 9.10. The summed E-state index contributed by atoms with van der Waals surface area (Å²) >= 11 is 0. The minimum atomic E-state index is -0.918. The van der Waals surface area contributed by atoms with Crippen LogP contribution in [0.15, 0.2) is 54.7 Å². The summed E-state index contributed by atoms with van der Waals surface area (Å²) in [6.45, 7) is 0.167. The second-order valence-corrected chi connectivity index (χ2v) is 9.10. The SMILES string of the molecule is Cn1ncc(C(=O)NCC2(C(=O)O)CCC2)c1NC(=O)OCC1c2ccccc2-c2ccccc21. The summed E-state index contributed by atoms with van der Waals surface area (Å²) in [4.78, 5) is 37.0. The zero-order chi connectivity index (χ0) is 24.6. The molecule has 0 saturated heterocycles. The molecule has 1 heterocycles. The van der Waals surface area contributed by atoms with Crippen LogP contribution in [0.2, 0.25) is 0 Å². The van der Waals surface area contributed by atoms with E-state index >= 15 is 0 Å². The Balaban J connectivity index is 1.25. The summed E-state index contributed by atoms with van der Waals surface area (Å²) < 4.78 is 6.94. The molecular formula is C26H26N4O5. The van der Waals surface area contributed by atoms with Crippen LogP contribution in [0.3, 0.4) is 0 Å². The van der Waals surface area contributed by atoms with Gasteiger partial charge >= 0.3 is 12.1 Å². The molecule has 5 rings (SSSR count). The Labute approximate surface area is 202 Å². The van der Waals surface area contributed by atoms with Gasteiger partial charge in [-0.3, -0.25) is 19.6 Å². The third-order valence-electron chi connectivity index (χ3n) is 7.10. The van der Waals surface area contributed by atoms with Gasteiger partial charge in [0.05, 0.1) is 11.6 Å². The summed E-state index contributed by atoms with van der Waals surface area (Å²) in [5, 5.41) is 18.9. The van der Waals surface area contributed by atoms with E-state index in [1.807, 2.05) is 36.4 Å². The van der Waals surface area contributed by atoms with Crippen molar-refractivity contribution in [3.63, 3.8) is 0 Å². The molecule has 35 heavy (non-hydrogen) atoms. The van der Waals surface area contributed by atoms with Crippen LogP contribution >= 0.6 is 0 Å². The molecule has 1 saturated carbocycles. The summed E-state index contributed by atoms with van der Waals surface area (Å²) in [6, 6.07) is 16.1. The molecule has 1 aromatic heterocycles. The Morgan fingerprint density at radius 3 is 2.29 bits per heavy atom. The smallest absolute Gasteiger partial charge is 0.412 e. The van der Waals surface area contributed by atoms with Crippen molar-refractivity contribution < 1.29 is 24.2 Å². The molecule has 2 amide bonds. The van der Waals surface area contributed by atoms with Crippen LogP contribution in [0.1, 0.15) is 46.7 Å². The number of benzene rings is 2. The lowest BCUT2D eigenvalue weighted by molar-refractivity contribution is -0.153. The molecule has 0 bridgehead atoms. The Morgan fingerprint density at radius 1 is 1.09 bits per heavy atom. The minimum absolute atomic E-state index is 0.0282. The predicted molar refractivity (Wildman–Crippen MR) is 128 cm³/mol. The molecule has 1 fully saturated rings. The third-order valence-corrected chi connectivity index (χ3v) is 7.10. The van der Waals surface area contributed by atoms with Crippen molar-refractivity contribution in [2.75, 3.05) is 18.5 Å². The van der Waals surface area contributed by atoms with Gasteiger partial charge in [0.2, 0.25) is 0 Å². The highest BCUT2D eigenvalue weighted by Crippen LogP contribution is 2.44. The van der Waals surface area contributed by atoms with Crippen molar-refractivity contribution in [3.8, 4) is 11.1 Å². The van der Waals surface area contributed by atoms with Crippen molar-refractivity contribution in [2.24, 2.45) is 12.5 Å². The zero-order valence-electron chi connectivity index (χ0n) is 19.3. The number of amides is 2. The molecule has 9 nitrogen and oxygen atoms in total. The number of hydrogen-bond acceptors (Lipinski definition) is 5. The Kier molecular flexibility index (Phi) is 5.76. The molecule has 0 radical (unpaired) electrons. The molecule has 0 atom stereocenters. The first-order valence-electron chi connectivity index (χ1n) is 11.6. The van der Waals surface area contributed by atoms with Crippen molar-refractivity contribution in [1.82, 2.24) is 15.1 Å². The van der Waals surface area contributed by atoms with Gasteiger partial charge in [0.1, 0.15) is 18.0 Å². The molecule has 3 N–H and O–H groups in total. The number of aromatic nitrogens is 2. The van der Waals surface area contributed by atoms with Gasteiger partial charge in [0, 0.05) is 19.5 Å². The highest BCUT2D eigenvalue weighted by atomic mass is 16.5. The first kappa shape index (κ1) is 22.6. The zero-order valence-corrected chi connectivity index (χ0v) is 19.3. The van der Waals surface area contributed by atoms with Crippen LogP contribution in [-0.4, -0.2) is 46.0 Å². The average Bonchev–Trinajstić information content (AvgIpc) is 3.34. The molecule has 2 aliphatic carbocycles. The second kappa shape index (κ2) is 8.90. The summed E-state index contributed by atoms with van der Waals surface area (Å²) in [5.41, 5.74) is 3.69. The Hall–Kier alpha value is -4.14. The maximum atomic E-state index is 12.8. The van der Waals surface area contributed by atoms with E-state index in [9.17, 15) is 19.5 Å². The number of aliphatic carboxylic acids is 1. The Morgan fingerprint density at radius 2 is 1.71 bits per heavy atom. The lowest BCUT2D eigenvalue weighted by Gasteiger charge is -2.37. The quantitative estimate of drug-likeness (QED) is 0.479. The van der Waals surface area contributed by atoms with E-state index in [0.29, 0.717) is 12.8 Å². The van der Waals surface area contributed by atoms with Crippen LogP contribution in [0, 0.1) is 5.41 Å². The van der Waals surface area contributed by atoms with Crippen LogP contribution in [0.5, 0.6) is 0 Å². The van der Waals surface area contributed by atoms with Gasteiger partial charge in [-0.1, -0.05) is 55.0 Å². The number of anilines is 1. The van der Waals surface area contributed by atoms with E-state index < -0.39 is 23.4 Å². The number of carbonyl (C=O) groups is 3. The maximum Gasteiger partial charge on any atom is 0.412 e. The summed E-state index contributed by atoms with van der Waals surface area (Å²) in [7, 11) is 1.60. The molecule has 0 spiro atoms. The number of carbonyl (C=O) groups excluding carboxylic acids is 2. The molecule has 0 aliphatic heterocycles. The molecule has 2 aromatic carbocycles. The molecule has 180 valence electrons. The van der Waals surface area contributed by atoms with Crippen molar-refractivity contribution in [1.29, 1.82) is 0 Å². The van der Waals surface area contributed by atoms with E-state index in [2.05, 4.69) is 27.9 Å². The lowest BCUT2D eigenvalue weighted by Crippen LogP contribution is -2.47. The summed E-state index contributed by atoms with van der Waals surface area (Å²) in [6.07, 6.45) is 2.51. The topological polar surface area (TPSA) is 123 Å². The number of nitrogens with one attached hydrogen (secondary N) is 2. The third kappa shape index (κ3) is 4.03. The highest BCUT2D eigenvalue weighted by molar-refractivity contribution is 6.01. The number of nitrogens with zero attached hydrogens (tertiary/aromatic N) is 2. The van der Waals surface area contributed by atoms with E-state index in [1.165, 1.54) is 10.9 Å². The first-order chi connectivity index (χ1) is 16.9. The fraction of sp³-hybridized carbons (Fsp3) is 0.308. The largest absolute Gasteiger partial charge is 0.481 e. The number of fused-ring (bicyclic) bond motifs is 3. The van der Waals surface area contributed by atoms with E-state index in [1.54, 1.807) is 7.05 Å². The number of ether oxygens (including phenoxy) is 1. The minimum Gasteiger partial charge on any atom is -0.481 e. The van der Waals surface area contributed by atoms with E-state index in [0.717, 1.165) is 28.7 Å². The fourth-order valence-electron chi connectivity index (χ4n) is 4.90. The highest BCUT2D eigenvalue weighted by Gasteiger charge is 2.44. The van der Waals surface area contributed by atoms with Crippen molar-refractivity contribution >= 4 is 23.8 Å². The van der Waals surface area contributed by atoms with E-state index in [-0.39, 0.29) is 30.5 Å². The molecular weight excluding hydrogens is 448 g/mol. The van der Waals surface area contributed by atoms with Crippen LogP contribution in [0.4, 0.5) is 10.6 Å². The maximum absolute atomic E-state index is 12.8. The molecule has 0 unspecified atom stereocenters. The number of carboxylic acids is 1. The molecule has 3 aromatic rings. The number of hydrogen-bond donors (Lipinski definition) is 3. The first-order valence-corrected chi connectivity index (χ1v) is 11.6. The fourth-order valence-corrected chi connectivity index (χ4v) is 4.90. The monoisotopic (exact) mass is 474 g/mol. The Bertz CT molecular complexity index is 1270. The van der Waals surface area contributed by atoms with E-state index in [4.69, 9.17) is 4.74 Å². The summed E-state index contributed by atoms with van der Waals surface area (Å²) in [5.74, 6) is -1.32. The van der Waals surface area contributed by atoms with Crippen molar-refractivity contribution in [2.45, 2.75) is 25.2 Å². The molecule has 2 aliphatic rings. The van der Waals surface area contributed by atoms with Gasteiger partial charge in [-0.2, -0.15) is 5.10 Å². The number of rotatable bonds is 7. The van der Waals surface area contributed by atoms with Gasteiger partial charge in [0.15, 0.2) is 0 Å². The standard InChI is InChI=1S/C26H26N4O5/c1-30-22(20(13-28-30)23(31)27-15-26(24(32)33)11-6-12-26)29-25(34)35-14-21-18-9-4-2-7-16(18)17-8-3-5-10-19(17)21/h2-5,7-10,13,21H,6,11-12,14-15H2,1H3,(H,27,31)(H,29,34)(H,32,33). The van der Waals surface area contributed by atoms with Gasteiger partial charge in [-0.05, 0) is 35.1 Å². The normalized spacial score (nSPS) is 15.5. The number of carboxylic acid groups (broad SMARTS) is 1. The van der Waals surface area contributed by atoms with Crippen LogP contribution in [-0.2, 0) is 16.6 Å². The average molecular weight is 475 g/mol. The lowest BCUT2D eigenvalue weighted by atomic mass is 9.69.